The van der Waals surface area contributed by atoms with Crippen molar-refractivity contribution in [2.24, 2.45) is 0 Å². The first-order chi connectivity index (χ1) is 10.8. The molecule has 0 bridgehead atoms. The van der Waals surface area contributed by atoms with Crippen molar-refractivity contribution in [1.82, 2.24) is 5.32 Å². The van der Waals surface area contributed by atoms with Gasteiger partial charge < -0.3 is 9.74 Å². The van der Waals surface area contributed by atoms with Gasteiger partial charge in [-0.3, -0.25) is 0 Å². The van der Waals surface area contributed by atoms with Crippen LogP contribution in [0.15, 0.2) is 30.3 Å². The van der Waals surface area contributed by atoms with Crippen LogP contribution in [0.2, 0.25) is 18.1 Å². The van der Waals surface area contributed by atoms with Gasteiger partial charge in [-0.05, 0) is 62.3 Å². The molecule has 1 saturated carbocycles. The second-order valence-electron chi connectivity index (χ2n) is 8.54. The van der Waals surface area contributed by atoms with Crippen LogP contribution in [0.1, 0.15) is 52.0 Å². The van der Waals surface area contributed by atoms with E-state index < -0.39 is 8.32 Å². The lowest BCUT2D eigenvalue weighted by atomic mass is 9.93. The van der Waals surface area contributed by atoms with E-state index in [9.17, 15) is 0 Å². The molecular formula is C20H35NOSi. The standard InChI is InChI=1S/C20H35NOSi/c1-20(2,3)23(4,5)22-19-13-11-18(12-14-19)21-16-15-17-9-7-6-8-10-17/h6-10,18-19,21H,11-16H2,1-5H3. The molecule has 1 aromatic carbocycles. The molecule has 0 radical (unpaired) electrons. The maximum atomic E-state index is 6.58. The van der Waals surface area contributed by atoms with E-state index in [1.807, 2.05) is 0 Å². The number of hydrogen-bond donors (Lipinski definition) is 1. The molecule has 0 heterocycles. The Kier molecular flexibility index (Phi) is 6.46. The van der Waals surface area contributed by atoms with E-state index >= 15 is 0 Å². The highest BCUT2D eigenvalue weighted by Crippen LogP contribution is 2.39. The van der Waals surface area contributed by atoms with Gasteiger partial charge in [0.1, 0.15) is 0 Å². The third kappa shape index (κ3) is 5.73. The second-order valence-corrected chi connectivity index (χ2v) is 13.3. The second kappa shape index (κ2) is 7.95. The van der Waals surface area contributed by atoms with E-state index in [0.29, 0.717) is 17.2 Å². The summed E-state index contributed by atoms with van der Waals surface area (Å²) in [6, 6.07) is 11.4. The van der Waals surface area contributed by atoms with E-state index in [4.69, 9.17) is 4.43 Å². The highest BCUT2D eigenvalue weighted by molar-refractivity contribution is 6.74. The highest BCUT2D eigenvalue weighted by atomic mass is 28.4. The Morgan fingerprint density at radius 2 is 1.65 bits per heavy atom. The quantitative estimate of drug-likeness (QED) is 0.727. The molecule has 2 nitrogen and oxygen atoms in total. The Morgan fingerprint density at radius 1 is 1.04 bits per heavy atom. The lowest BCUT2D eigenvalue weighted by Crippen LogP contribution is -2.46. The summed E-state index contributed by atoms with van der Waals surface area (Å²) in [6.07, 6.45) is 6.57. The topological polar surface area (TPSA) is 21.3 Å². The Hall–Kier alpha value is -0.643. The molecule has 130 valence electrons. The van der Waals surface area contributed by atoms with Gasteiger partial charge in [0, 0.05) is 12.1 Å². The average molecular weight is 334 g/mol. The van der Waals surface area contributed by atoms with Crippen molar-refractivity contribution in [3.8, 4) is 0 Å². The zero-order chi connectivity index (χ0) is 16.9. The van der Waals surface area contributed by atoms with E-state index in [0.717, 1.165) is 13.0 Å². The van der Waals surface area contributed by atoms with Crippen molar-refractivity contribution in [3.63, 3.8) is 0 Å². The van der Waals surface area contributed by atoms with Crippen molar-refractivity contribution in [2.45, 2.75) is 83.2 Å². The highest BCUT2D eigenvalue weighted by Gasteiger charge is 2.39. The van der Waals surface area contributed by atoms with Crippen molar-refractivity contribution >= 4 is 8.32 Å². The number of benzene rings is 1. The van der Waals surface area contributed by atoms with Crippen LogP contribution in [0, 0.1) is 0 Å². The van der Waals surface area contributed by atoms with Gasteiger partial charge in [0.05, 0.1) is 0 Å². The molecule has 1 aliphatic carbocycles. The molecule has 0 saturated heterocycles. The zero-order valence-electron chi connectivity index (χ0n) is 15.7. The first kappa shape index (κ1) is 18.7. The van der Waals surface area contributed by atoms with Gasteiger partial charge in [0.2, 0.25) is 0 Å². The smallest absolute Gasteiger partial charge is 0.192 e. The van der Waals surface area contributed by atoms with E-state index in [1.165, 1.54) is 31.2 Å². The van der Waals surface area contributed by atoms with Gasteiger partial charge in [-0.2, -0.15) is 0 Å². The Labute approximate surface area is 144 Å². The van der Waals surface area contributed by atoms with Crippen LogP contribution in [-0.2, 0) is 10.8 Å². The fraction of sp³-hybridized carbons (Fsp3) is 0.700. The molecule has 0 amide bonds. The Morgan fingerprint density at radius 3 is 2.22 bits per heavy atom. The molecule has 2 rings (SSSR count). The van der Waals surface area contributed by atoms with E-state index in [2.05, 4.69) is 69.5 Å². The van der Waals surface area contributed by atoms with Crippen LogP contribution in [-0.4, -0.2) is 27.0 Å². The van der Waals surface area contributed by atoms with Gasteiger partial charge in [-0.25, -0.2) is 0 Å². The molecule has 23 heavy (non-hydrogen) atoms. The van der Waals surface area contributed by atoms with Gasteiger partial charge >= 0.3 is 0 Å². The van der Waals surface area contributed by atoms with E-state index in [1.54, 1.807) is 0 Å². The molecule has 1 aromatic rings. The fourth-order valence-electron chi connectivity index (χ4n) is 3.04. The molecule has 1 aliphatic rings. The summed E-state index contributed by atoms with van der Waals surface area (Å²) in [5.41, 5.74) is 1.43. The van der Waals surface area contributed by atoms with E-state index in [-0.39, 0.29) is 0 Å². The summed E-state index contributed by atoms with van der Waals surface area (Å²) in [5.74, 6) is 0. The summed E-state index contributed by atoms with van der Waals surface area (Å²) in [6.45, 7) is 12.8. The fourth-order valence-corrected chi connectivity index (χ4v) is 4.47. The summed E-state index contributed by atoms with van der Waals surface area (Å²) in [4.78, 5) is 0. The molecule has 0 spiro atoms. The summed E-state index contributed by atoms with van der Waals surface area (Å²) >= 11 is 0. The maximum Gasteiger partial charge on any atom is 0.192 e. The molecular weight excluding hydrogens is 298 g/mol. The summed E-state index contributed by atoms with van der Waals surface area (Å²) in [5, 5.41) is 4.06. The van der Waals surface area contributed by atoms with Crippen LogP contribution in [0.4, 0.5) is 0 Å². The van der Waals surface area contributed by atoms with Gasteiger partial charge in [0.25, 0.3) is 0 Å². The lowest BCUT2D eigenvalue weighted by Gasteiger charge is -2.41. The Bertz CT molecular complexity index is 458. The first-order valence-electron chi connectivity index (χ1n) is 9.23. The van der Waals surface area contributed by atoms with Crippen LogP contribution in [0.3, 0.4) is 0 Å². The van der Waals surface area contributed by atoms with Crippen molar-refractivity contribution in [1.29, 1.82) is 0 Å². The largest absolute Gasteiger partial charge is 0.414 e. The minimum absolute atomic E-state index is 0.317. The summed E-state index contributed by atoms with van der Waals surface area (Å²) < 4.78 is 6.58. The average Bonchev–Trinajstić information content (AvgIpc) is 2.49. The predicted molar refractivity (Wildman–Crippen MR) is 102 cm³/mol. The lowest BCUT2D eigenvalue weighted by molar-refractivity contribution is 0.124. The van der Waals surface area contributed by atoms with Gasteiger partial charge in [-0.1, -0.05) is 51.1 Å². The summed E-state index contributed by atoms with van der Waals surface area (Å²) in [7, 11) is -1.60. The predicted octanol–water partition coefficient (Wildman–Crippen LogP) is 5.15. The first-order valence-corrected chi connectivity index (χ1v) is 12.1. The molecule has 3 heteroatoms. The van der Waals surface area contributed by atoms with Crippen molar-refractivity contribution in [3.05, 3.63) is 35.9 Å². The number of rotatable bonds is 6. The van der Waals surface area contributed by atoms with Crippen molar-refractivity contribution < 1.29 is 4.43 Å². The molecule has 1 N–H and O–H groups in total. The third-order valence-corrected chi connectivity index (χ3v) is 10.2. The SMILES string of the molecule is CC(C)(C)[Si](C)(C)OC1CCC(NCCc2ccccc2)CC1. The normalized spacial score (nSPS) is 23.0. The molecule has 0 aliphatic heterocycles. The minimum Gasteiger partial charge on any atom is -0.414 e. The van der Waals surface area contributed by atoms with Crippen LogP contribution in [0.5, 0.6) is 0 Å². The molecule has 1 fully saturated rings. The monoisotopic (exact) mass is 333 g/mol. The van der Waals surface area contributed by atoms with Crippen molar-refractivity contribution in [2.75, 3.05) is 6.54 Å². The third-order valence-electron chi connectivity index (χ3n) is 5.63. The Balaban J connectivity index is 1.68. The number of hydrogen-bond acceptors (Lipinski definition) is 2. The van der Waals surface area contributed by atoms with Gasteiger partial charge in [0.15, 0.2) is 8.32 Å². The number of nitrogens with one attached hydrogen (secondary N) is 1. The minimum atomic E-state index is -1.60. The van der Waals surface area contributed by atoms with Crippen LogP contribution >= 0.6 is 0 Å². The van der Waals surface area contributed by atoms with Crippen LogP contribution in [0.25, 0.3) is 0 Å². The van der Waals surface area contributed by atoms with Gasteiger partial charge in [-0.15, -0.1) is 0 Å². The van der Waals surface area contributed by atoms with Crippen LogP contribution < -0.4 is 5.32 Å². The molecule has 0 atom stereocenters. The maximum absolute atomic E-state index is 6.58. The molecule has 0 aromatic heterocycles. The zero-order valence-corrected chi connectivity index (χ0v) is 16.7. The molecule has 0 unspecified atom stereocenters.